The van der Waals surface area contributed by atoms with Gasteiger partial charge in [-0.15, -0.1) is 5.10 Å². The van der Waals surface area contributed by atoms with Crippen molar-refractivity contribution in [1.82, 2.24) is 19.3 Å². The van der Waals surface area contributed by atoms with E-state index in [2.05, 4.69) is 41.9 Å². The lowest BCUT2D eigenvalue weighted by atomic mass is 10.1. The fourth-order valence-electron chi connectivity index (χ4n) is 3.12. The van der Waals surface area contributed by atoms with Crippen molar-refractivity contribution in [2.75, 3.05) is 0 Å². The molecule has 0 aliphatic heterocycles. The van der Waals surface area contributed by atoms with Crippen LogP contribution in [0, 0.1) is 18.3 Å². The van der Waals surface area contributed by atoms with E-state index in [1.165, 1.54) is 6.07 Å². The molecule has 0 bridgehead atoms. The number of nitrogens with zero attached hydrogens (tertiary/aromatic N) is 4. The van der Waals surface area contributed by atoms with Gasteiger partial charge >= 0.3 is 5.69 Å². The van der Waals surface area contributed by atoms with Crippen molar-refractivity contribution in [3.63, 3.8) is 0 Å². The number of nitrogens with one attached hydrogen (secondary N) is 1. The van der Waals surface area contributed by atoms with Crippen LogP contribution in [0.1, 0.15) is 16.8 Å². The Balaban J connectivity index is 1.66. The highest BCUT2D eigenvalue weighted by atomic mass is 79.9. The Morgan fingerprint density at radius 3 is 2.38 bits per heavy atom. The van der Waals surface area contributed by atoms with Crippen molar-refractivity contribution >= 4 is 31.9 Å². The van der Waals surface area contributed by atoms with Crippen LogP contribution in [-0.4, -0.2) is 19.3 Å². The van der Waals surface area contributed by atoms with E-state index >= 15 is 0 Å². The molecule has 0 spiro atoms. The highest BCUT2D eigenvalue weighted by molar-refractivity contribution is 9.11. The molecule has 0 amide bonds. The van der Waals surface area contributed by atoms with Gasteiger partial charge in [-0.1, -0.05) is 29.8 Å². The van der Waals surface area contributed by atoms with Crippen LogP contribution in [0.5, 0.6) is 11.5 Å². The molecule has 0 saturated carbocycles. The summed E-state index contributed by atoms with van der Waals surface area (Å²) >= 11 is 6.83. The second-order valence-electron chi connectivity index (χ2n) is 7.29. The first-order valence-corrected chi connectivity index (χ1v) is 11.4. The van der Waals surface area contributed by atoms with Crippen molar-refractivity contribution in [2.45, 2.75) is 13.5 Å². The topological polar surface area (TPSA) is 123 Å². The van der Waals surface area contributed by atoms with Gasteiger partial charge in [0.1, 0.15) is 11.8 Å². The third-order valence-corrected chi connectivity index (χ3v) is 5.99. The van der Waals surface area contributed by atoms with Gasteiger partial charge in [0.15, 0.2) is 5.75 Å². The molecular formula is C23H15Br2N5O4. The summed E-state index contributed by atoms with van der Waals surface area (Å²) in [6.45, 7) is 2.39. The number of nitriles is 1. The standard InChI is InChI=1S/C23H15Br2N5O4/c1-13-2-4-14(5-3-13)11-29-12-16(6-7-20(29)31)34-21-17(24)8-15(9-18(21)25)30-23(33)27-22(32)19(10-26)28-30/h2-9,12H,11H2,1H3,(H,27,32,33). The third-order valence-electron chi connectivity index (χ3n) is 4.81. The number of halogens is 2. The van der Waals surface area contributed by atoms with Crippen molar-refractivity contribution < 1.29 is 4.74 Å². The lowest BCUT2D eigenvalue weighted by Gasteiger charge is -2.14. The van der Waals surface area contributed by atoms with Crippen LogP contribution in [0.3, 0.4) is 0 Å². The molecule has 0 atom stereocenters. The molecule has 0 unspecified atom stereocenters. The SMILES string of the molecule is Cc1ccc(Cn2cc(Oc3c(Br)cc(-n4nc(C#N)c(=O)[nH]c4=O)cc3Br)ccc2=O)cc1. The molecule has 9 nitrogen and oxygen atoms in total. The summed E-state index contributed by atoms with van der Waals surface area (Å²) in [5.74, 6) is 0.814. The molecule has 4 aromatic rings. The van der Waals surface area contributed by atoms with Crippen LogP contribution in [0.2, 0.25) is 0 Å². The quantitative estimate of drug-likeness (QED) is 0.382. The van der Waals surface area contributed by atoms with Gasteiger partial charge < -0.3 is 9.30 Å². The van der Waals surface area contributed by atoms with Crippen molar-refractivity contribution in [3.8, 4) is 23.3 Å². The monoisotopic (exact) mass is 583 g/mol. The predicted molar refractivity (Wildman–Crippen MR) is 132 cm³/mol. The van der Waals surface area contributed by atoms with Crippen LogP contribution in [0.15, 0.2) is 78.1 Å². The number of benzene rings is 2. The Hall–Kier alpha value is -3.75. The minimum atomic E-state index is -0.859. The molecule has 0 aliphatic rings. The van der Waals surface area contributed by atoms with Gasteiger partial charge in [-0.3, -0.25) is 14.6 Å². The van der Waals surface area contributed by atoms with E-state index < -0.39 is 16.9 Å². The number of aromatic amines is 1. The molecule has 4 rings (SSSR count). The van der Waals surface area contributed by atoms with Gasteiger partial charge in [-0.2, -0.15) is 9.94 Å². The van der Waals surface area contributed by atoms with E-state index in [1.54, 1.807) is 35.0 Å². The molecule has 2 aromatic heterocycles. The summed E-state index contributed by atoms with van der Waals surface area (Å²) in [5.41, 5.74) is 0.137. The molecule has 2 heterocycles. The van der Waals surface area contributed by atoms with Crippen LogP contribution >= 0.6 is 31.9 Å². The molecule has 0 radical (unpaired) electrons. The fraction of sp³-hybridized carbons (Fsp3) is 0.0870. The van der Waals surface area contributed by atoms with E-state index in [1.807, 2.05) is 31.2 Å². The highest BCUT2D eigenvalue weighted by Gasteiger charge is 2.15. The van der Waals surface area contributed by atoms with Crippen LogP contribution in [-0.2, 0) is 6.54 Å². The maximum Gasteiger partial charge on any atom is 0.349 e. The number of hydrogen-bond acceptors (Lipinski definition) is 6. The third kappa shape index (κ3) is 4.93. The molecule has 170 valence electrons. The number of H-pyrrole nitrogens is 1. The first kappa shape index (κ1) is 23.4. The number of aryl methyl sites for hydroxylation is 1. The molecule has 0 aliphatic carbocycles. The molecule has 0 fully saturated rings. The number of pyridine rings is 1. The van der Waals surface area contributed by atoms with Crippen LogP contribution < -0.4 is 21.5 Å². The Labute approximate surface area is 209 Å². The Bertz CT molecular complexity index is 1590. The normalized spacial score (nSPS) is 10.6. The molecule has 1 N–H and O–H groups in total. The summed E-state index contributed by atoms with van der Waals surface area (Å²) < 4.78 is 9.38. The average Bonchev–Trinajstić information content (AvgIpc) is 2.80. The Morgan fingerprint density at radius 1 is 1.06 bits per heavy atom. The van der Waals surface area contributed by atoms with E-state index in [-0.39, 0.29) is 11.2 Å². The van der Waals surface area contributed by atoms with Gasteiger partial charge in [0.25, 0.3) is 11.1 Å². The first-order valence-electron chi connectivity index (χ1n) is 9.82. The molecular weight excluding hydrogens is 570 g/mol. The summed E-state index contributed by atoms with van der Waals surface area (Å²) in [4.78, 5) is 38.2. The van der Waals surface area contributed by atoms with E-state index in [9.17, 15) is 14.4 Å². The average molecular weight is 585 g/mol. The summed E-state index contributed by atoms with van der Waals surface area (Å²) in [6.07, 6.45) is 1.61. The largest absolute Gasteiger partial charge is 0.453 e. The number of ether oxygens (including phenoxy) is 1. The van der Waals surface area contributed by atoms with Crippen LogP contribution in [0.4, 0.5) is 0 Å². The highest BCUT2D eigenvalue weighted by Crippen LogP contribution is 2.38. The predicted octanol–water partition coefficient (Wildman–Crippen LogP) is 3.63. The van der Waals surface area contributed by atoms with E-state index in [4.69, 9.17) is 10.00 Å². The van der Waals surface area contributed by atoms with Crippen molar-refractivity contribution in [1.29, 1.82) is 5.26 Å². The summed E-state index contributed by atoms with van der Waals surface area (Å²) in [6, 6.07) is 15.6. The van der Waals surface area contributed by atoms with Gasteiger partial charge in [-0.25, -0.2) is 4.79 Å². The lowest BCUT2D eigenvalue weighted by molar-refractivity contribution is 0.468. The zero-order chi connectivity index (χ0) is 24.4. The zero-order valence-corrected chi connectivity index (χ0v) is 20.8. The molecule has 0 saturated heterocycles. The lowest BCUT2D eigenvalue weighted by Crippen LogP contribution is -2.33. The minimum Gasteiger partial charge on any atom is -0.453 e. The molecule has 11 heteroatoms. The second-order valence-corrected chi connectivity index (χ2v) is 9.00. The van der Waals surface area contributed by atoms with Gasteiger partial charge in [0.2, 0.25) is 5.69 Å². The van der Waals surface area contributed by atoms with E-state index in [0.717, 1.165) is 15.8 Å². The molecule has 2 aromatic carbocycles. The van der Waals surface area contributed by atoms with Crippen LogP contribution in [0.25, 0.3) is 5.69 Å². The second kappa shape index (κ2) is 9.62. The molecule has 34 heavy (non-hydrogen) atoms. The van der Waals surface area contributed by atoms with Gasteiger partial charge in [0.05, 0.1) is 27.4 Å². The maximum absolute atomic E-state index is 12.3. The van der Waals surface area contributed by atoms with Crippen molar-refractivity contribution in [3.05, 3.63) is 112 Å². The summed E-state index contributed by atoms with van der Waals surface area (Å²) in [7, 11) is 0. The number of hydrogen-bond donors (Lipinski definition) is 1. The first-order chi connectivity index (χ1) is 16.2. The van der Waals surface area contributed by atoms with E-state index in [0.29, 0.717) is 27.0 Å². The zero-order valence-electron chi connectivity index (χ0n) is 17.6. The smallest absolute Gasteiger partial charge is 0.349 e. The van der Waals surface area contributed by atoms with Gasteiger partial charge in [0, 0.05) is 6.07 Å². The fourth-order valence-corrected chi connectivity index (χ4v) is 4.44. The summed E-state index contributed by atoms with van der Waals surface area (Å²) in [5, 5.41) is 12.8. The Morgan fingerprint density at radius 2 is 1.74 bits per heavy atom. The minimum absolute atomic E-state index is 0.168. The number of aromatic nitrogens is 4. The van der Waals surface area contributed by atoms with Crippen molar-refractivity contribution in [2.24, 2.45) is 0 Å². The van der Waals surface area contributed by atoms with Gasteiger partial charge in [-0.05, 0) is 62.5 Å². The number of rotatable bonds is 5. The Kier molecular flexibility index (Phi) is 6.63. The maximum atomic E-state index is 12.3.